The van der Waals surface area contributed by atoms with Gasteiger partial charge >= 0.3 is 0 Å². The first-order chi connectivity index (χ1) is 29.2. The second-order valence-corrected chi connectivity index (χ2v) is 16.8. The van der Waals surface area contributed by atoms with Gasteiger partial charge in [-0.3, -0.25) is 0 Å². The summed E-state index contributed by atoms with van der Waals surface area (Å²) in [6, 6.07) is 57.1. The summed E-state index contributed by atoms with van der Waals surface area (Å²) in [6.07, 6.45) is 0. The summed E-state index contributed by atoms with van der Waals surface area (Å²) in [7, 11) is 0. The summed E-state index contributed by atoms with van der Waals surface area (Å²) < 4.78 is 15.0. The van der Waals surface area contributed by atoms with Crippen molar-refractivity contribution in [1.82, 2.24) is 0 Å². The van der Waals surface area contributed by atoms with E-state index >= 15 is 0 Å². The first-order valence-electron chi connectivity index (χ1n) is 19.9. The lowest BCUT2D eigenvalue weighted by Gasteiger charge is -2.36. The van der Waals surface area contributed by atoms with Crippen molar-refractivity contribution in [2.75, 3.05) is 26.4 Å². The van der Waals surface area contributed by atoms with Crippen LogP contribution in [0.25, 0.3) is 75.1 Å². The molecule has 2 aromatic heterocycles. The molecule has 2 N–H and O–H groups in total. The average Bonchev–Trinajstić information content (AvgIpc) is 4.00. The van der Waals surface area contributed by atoms with E-state index in [2.05, 4.69) is 168 Å². The molecule has 1 aliphatic rings. The minimum atomic E-state index is -0.821. The molecule has 0 unspecified atom stereocenters. The second-order valence-electron chi connectivity index (χ2n) is 15.0. The molecule has 0 bridgehead atoms. The van der Waals surface area contributed by atoms with Crippen LogP contribution in [0.3, 0.4) is 0 Å². The van der Waals surface area contributed by atoms with Crippen LogP contribution in [-0.4, -0.2) is 36.6 Å². The second kappa shape index (κ2) is 14.5. The Morgan fingerprint density at radius 3 is 1.24 bits per heavy atom. The predicted octanol–water partition coefficient (Wildman–Crippen LogP) is 12.9. The molecule has 286 valence electrons. The van der Waals surface area contributed by atoms with Crippen molar-refractivity contribution in [2.45, 2.75) is 5.41 Å². The first kappa shape index (κ1) is 35.8. The minimum Gasteiger partial charge on any atom is -0.491 e. The molecule has 59 heavy (non-hydrogen) atoms. The third-order valence-electron chi connectivity index (χ3n) is 12.0. The predicted molar refractivity (Wildman–Crippen MR) is 246 cm³/mol. The van der Waals surface area contributed by atoms with E-state index in [-0.39, 0.29) is 26.4 Å². The fraction of sp³-hybridized carbons (Fsp3) is 0.0943. The average molecular weight is 803 g/mol. The van der Waals surface area contributed by atoms with Crippen molar-refractivity contribution in [3.05, 3.63) is 191 Å². The van der Waals surface area contributed by atoms with E-state index in [1.165, 1.54) is 64.7 Å². The highest BCUT2D eigenvalue weighted by Gasteiger charge is 2.48. The number of hydrogen-bond acceptors (Lipinski definition) is 6. The van der Waals surface area contributed by atoms with E-state index < -0.39 is 5.41 Å². The van der Waals surface area contributed by atoms with Crippen LogP contribution in [0.15, 0.2) is 168 Å². The summed E-state index contributed by atoms with van der Waals surface area (Å²) >= 11 is 3.56. The number of ether oxygens (including phenoxy) is 2. The van der Waals surface area contributed by atoms with E-state index in [0.29, 0.717) is 0 Å². The smallest absolute Gasteiger partial charge is 0.127 e. The number of aliphatic hydroxyl groups excluding tert-OH is 2. The Balaban J connectivity index is 1.30. The standard InChI is InChI=1S/C53H38O4S2/c54-25-27-56-49-23-21-45(35-9-1-3-11-39(35)49)53(46-22-24-50(57-28-26-55)40-12-4-2-10-36(40)46)47-29-33(43-31-58-51-15-7-5-13-41(43)51)17-19-37(47)38-20-18-34(30-48(38)53)44-32-59-52-16-8-6-14-42(44)52/h1-24,29-32,54-55H,25-28H2. The summed E-state index contributed by atoms with van der Waals surface area (Å²) in [5.41, 5.74) is 11.0. The molecule has 2 heterocycles. The normalized spacial score (nSPS) is 13.0. The SMILES string of the molecule is OCCOc1ccc(C2(c3ccc(OCCO)c4ccccc34)c3cc(-c4csc5ccccc45)ccc3-c3ccc(-c4csc5ccccc45)cc32)c2ccccc12. The first-order valence-corrected chi connectivity index (χ1v) is 21.7. The van der Waals surface area contributed by atoms with Crippen LogP contribution >= 0.6 is 22.7 Å². The number of hydrogen-bond donors (Lipinski definition) is 2. The van der Waals surface area contributed by atoms with Crippen molar-refractivity contribution >= 4 is 64.4 Å². The number of fused-ring (bicyclic) bond motifs is 7. The molecule has 10 aromatic rings. The zero-order chi connectivity index (χ0) is 39.5. The van der Waals surface area contributed by atoms with Gasteiger partial charge in [-0.05, 0) is 102 Å². The number of aliphatic hydroxyl groups is 2. The van der Waals surface area contributed by atoms with Crippen LogP contribution in [0.4, 0.5) is 0 Å². The van der Waals surface area contributed by atoms with Gasteiger partial charge in [0.2, 0.25) is 0 Å². The lowest BCUT2D eigenvalue weighted by atomic mass is 9.65. The number of rotatable bonds is 10. The third-order valence-corrected chi connectivity index (χ3v) is 13.9. The quantitative estimate of drug-likeness (QED) is 0.145. The van der Waals surface area contributed by atoms with Gasteiger partial charge in [0.25, 0.3) is 0 Å². The summed E-state index contributed by atoms with van der Waals surface area (Å²) in [5, 5.41) is 30.8. The molecule has 1 aliphatic carbocycles. The highest BCUT2D eigenvalue weighted by Crippen LogP contribution is 2.60. The van der Waals surface area contributed by atoms with Crippen LogP contribution in [0.1, 0.15) is 22.3 Å². The van der Waals surface area contributed by atoms with Crippen LogP contribution in [0.5, 0.6) is 11.5 Å². The molecule has 0 amide bonds. The lowest BCUT2D eigenvalue weighted by molar-refractivity contribution is 0.203. The zero-order valence-corrected chi connectivity index (χ0v) is 33.7. The minimum absolute atomic E-state index is 0.0719. The van der Waals surface area contributed by atoms with Crippen molar-refractivity contribution in [1.29, 1.82) is 0 Å². The van der Waals surface area contributed by atoms with Gasteiger partial charge in [0.05, 0.1) is 18.6 Å². The Bertz CT molecular complexity index is 3010. The molecule has 4 nitrogen and oxygen atoms in total. The van der Waals surface area contributed by atoms with Gasteiger partial charge in [-0.1, -0.05) is 121 Å². The van der Waals surface area contributed by atoms with Gasteiger partial charge in [0, 0.05) is 42.1 Å². The van der Waals surface area contributed by atoms with E-state index in [9.17, 15) is 10.2 Å². The largest absolute Gasteiger partial charge is 0.491 e. The van der Waals surface area contributed by atoms with Crippen molar-refractivity contribution < 1.29 is 19.7 Å². The molecule has 8 aromatic carbocycles. The van der Waals surface area contributed by atoms with Gasteiger partial charge in [-0.15, -0.1) is 22.7 Å². The Kier molecular flexibility index (Phi) is 8.82. The van der Waals surface area contributed by atoms with Gasteiger partial charge < -0.3 is 19.7 Å². The Hall–Kier alpha value is -6.28. The summed E-state index contributed by atoms with van der Waals surface area (Å²) in [6.45, 7) is 0.265. The molecule has 0 spiro atoms. The van der Waals surface area contributed by atoms with Crippen molar-refractivity contribution in [2.24, 2.45) is 0 Å². The number of thiophene rings is 2. The molecule has 0 saturated carbocycles. The molecular weight excluding hydrogens is 765 g/mol. The van der Waals surface area contributed by atoms with Crippen LogP contribution in [0, 0.1) is 0 Å². The lowest BCUT2D eigenvalue weighted by Crippen LogP contribution is -2.29. The van der Waals surface area contributed by atoms with Crippen LogP contribution in [-0.2, 0) is 5.41 Å². The highest BCUT2D eigenvalue weighted by atomic mass is 32.1. The van der Waals surface area contributed by atoms with Crippen LogP contribution in [0.2, 0.25) is 0 Å². The molecule has 11 rings (SSSR count). The van der Waals surface area contributed by atoms with Crippen LogP contribution < -0.4 is 9.47 Å². The Labute approximate surface area is 349 Å². The molecule has 0 saturated heterocycles. The van der Waals surface area contributed by atoms with E-state index in [0.717, 1.165) is 44.2 Å². The third kappa shape index (κ3) is 5.55. The molecule has 0 aliphatic heterocycles. The molecule has 0 radical (unpaired) electrons. The zero-order valence-electron chi connectivity index (χ0n) is 32.0. The van der Waals surface area contributed by atoms with E-state index in [1.54, 1.807) is 22.7 Å². The van der Waals surface area contributed by atoms with Crippen molar-refractivity contribution in [3.63, 3.8) is 0 Å². The maximum absolute atomic E-state index is 9.81. The summed E-state index contributed by atoms with van der Waals surface area (Å²) in [5.74, 6) is 1.48. The molecule has 0 fully saturated rings. The molecular formula is C53H38O4S2. The van der Waals surface area contributed by atoms with Crippen molar-refractivity contribution in [3.8, 4) is 44.9 Å². The highest BCUT2D eigenvalue weighted by molar-refractivity contribution is 7.18. The van der Waals surface area contributed by atoms with Gasteiger partial charge in [0.1, 0.15) is 24.7 Å². The molecule has 6 heteroatoms. The Morgan fingerprint density at radius 2 is 0.797 bits per heavy atom. The maximum atomic E-state index is 9.81. The maximum Gasteiger partial charge on any atom is 0.127 e. The summed E-state index contributed by atoms with van der Waals surface area (Å²) in [4.78, 5) is 0. The van der Waals surface area contributed by atoms with Gasteiger partial charge in [-0.2, -0.15) is 0 Å². The number of benzene rings is 8. The van der Waals surface area contributed by atoms with E-state index in [4.69, 9.17) is 9.47 Å². The van der Waals surface area contributed by atoms with Gasteiger partial charge in [0.15, 0.2) is 0 Å². The fourth-order valence-electron chi connectivity index (χ4n) is 9.55. The fourth-order valence-corrected chi connectivity index (χ4v) is 11.5. The topological polar surface area (TPSA) is 58.9 Å². The molecule has 0 atom stereocenters. The monoisotopic (exact) mass is 802 g/mol. The Morgan fingerprint density at radius 1 is 0.390 bits per heavy atom. The van der Waals surface area contributed by atoms with Gasteiger partial charge in [-0.25, -0.2) is 0 Å². The van der Waals surface area contributed by atoms with E-state index in [1.807, 2.05) is 0 Å².